The Morgan fingerprint density at radius 2 is 1.89 bits per heavy atom. The van der Waals surface area contributed by atoms with Gasteiger partial charge in [0.2, 0.25) is 0 Å². The molecule has 0 unspecified atom stereocenters. The van der Waals surface area contributed by atoms with E-state index in [4.69, 9.17) is 11.6 Å². The molecule has 0 aromatic heterocycles. The summed E-state index contributed by atoms with van der Waals surface area (Å²) in [6.07, 6.45) is 8.59. The molecular formula is C8H13Cl. The fourth-order valence-electron chi connectivity index (χ4n) is 0.614. The molecular weight excluding hydrogens is 132 g/mol. The monoisotopic (exact) mass is 144 g/mol. The minimum Gasteiger partial charge on any atom is -0.103 e. The molecule has 52 valence electrons. The summed E-state index contributed by atoms with van der Waals surface area (Å²) in [5.74, 6) is 0. The van der Waals surface area contributed by atoms with E-state index in [2.05, 4.69) is 6.58 Å². The van der Waals surface area contributed by atoms with Crippen LogP contribution < -0.4 is 0 Å². The normalized spacial score (nSPS) is 10.3. The average Bonchev–Trinajstić information content (AvgIpc) is 1.89. The Morgan fingerprint density at radius 1 is 1.22 bits per heavy atom. The van der Waals surface area contributed by atoms with Crippen molar-refractivity contribution < 1.29 is 0 Å². The number of rotatable bonds is 5. The molecule has 0 fully saturated rings. The summed E-state index contributed by atoms with van der Waals surface area (Å²) in [6, 6.07) is 0. The lowest BCUT2D eigenvalue weighted by Gasteiger charge is -1.89. The minimum atomic E-state index is 1.09. The van der Waals surface area contributed by atoms with Gasteiger partial charge in [-0.3, -0.25) is 0 Å². The van der Waals surface area contributed by atoms with Crippen LogP contribution in [0.15, 0.2) is 24.3 Å². The van der Waals surface area contributed by atoms with Crippen molar-refractivity contribution >= 4 is 11.6 Å². The minimum absolute atomic E-state index is 1.09. The van der Waals surface area contributed by atoms with Crippen molar-refractivity contribution in [3.05, 3.63) is 24.3 Å². The van der Waals surface area contributed by atoms with Crippen molar-refractivity contribution in [3.63, 3.8) is 0 Å². The van der Waals surface area contributed by atoms with E-state index < -0.39 is 0 Å². The number of allylic oxidation sites excluding steroid dienone is 2. The smallest absolute Gasteiger partial charge is 0.000245 e. The molecule has 9 heavy (non-hydrogen) atoms. The van der Waals surface area contributed by atoms with E-state index in [1.165, 1.54) is 12.8 Å². The van der Waals surface area contributed by atoms with Gasteiger partial charge in [-0.1, -0.05) is 23.8 Å². The number of halogens is 1. The Labute approximate surface area is 62.2 Å². The summed E-state index contributed by atoms with van der Waals surface area (Å²) in [5, 5.41) is 0. The zero-order valence-corrected chi connectivity index (χ0v) is 6.40. The SMILES string of the molecule is C=CCCCC/C=C/Cl. The van der Waals surface area contributed by atoms with Gasteiger partial charge in [-0.05, 0) is 25.7 Å². The molecule has 0 amide bonds. The summed E-state index contributed by atoms with van der Waals surface area (Å²) in [5.41, 5.74) is 1.58. The molecule has 0 saturated heterocycles. The van der Waals surface area contributed by atoms with Crippen molar-refractivity contribution in [3.8, 4) is 0 Å². The van der Waals surface area contributed by atoms with Gasteiger partial charge in [0.15, 0.2) is 0 Å². The van der Waals surface area contributed by atoms with Crippen LogP contribution in [-0.2, 0) is 0 Å². The second-order valence-electron chi connectivity index (χ2n) is 1.93. The number of unbranched alkanes of at least 4 members (excludes halogenated alkanes) is 3. The Hall–Kier alpha value is -0.230. The van der Waals surface area contributed by atoms with Gasteiger partial charge < -0.3 is 0 Å². The maximum atomic E-state index is 5.31. The third-order valence-electron chi connectivity index (χ3n) is 1.12. The summed E-state index contributed by atoms with van der Waals surface area (Å²) < 4.78 is 0. The first kappa shape index (κ1) is 8.77. The molecule has 0 N–H and O–H groups in total. The largest absolute Gasteiger partial charge is 0.103 e. The van der Waals surface area contributed by atoms with Gasteiger partial charge in [0, 0.05) is 5.54 Å². The molecule has 0 saturated carbocycles. The van der Waals surface area contributed by atoms with Crippen molar-refractivity contribution in [1.82, 2.24) is 0 Å². The van der Waals surface area contributed by atoms with Crippen LogP contribution >= 0.6 is 11.6 Å². The second kappa shape index (κ2) is 7.77. The molecule has 0 radical (unpaired) electrons. The van der Waals surface area contributed by atoms with Crippen molar-refractivity contribution in [2.45, 2.75) is 25.7 Å². The molecule has 0 aliphatic heterocycles. The Morgan fingerprint density at radius 3 is 2.44 bits per heavy atom. The first-order valence-electron chi connectivity index (χ1n) is 3.28. The Bertz CT molecular complexity index is 84.6. The predicted molar refractivity (Wildman–Crippen MR) is 43.7 cm³/mol. The lowest BCUT2D eigenvalue weighted by atomic mass is 10.2. The molecule has 0 bridgehead atoms. The van der Waals surface area contributed by atoms with Gasteiger partial charge in [0.05, 0.1) is 0 Å². The van der Waals surface area contributed by atoms with Gasteiger partial charge in [0.25, 0.3) is 0 Å². The lowest BCUT2D eigenvalue weighted by molar-refractivity contribution is 0.763. The Kier molecular flexibility index (Phi) is 7.57. The molecule has 0 atom stereocenters. The van der Waals surface area contributed by atoms with E-state index in [-0.39, 0.29) is 0 Å². The quantitative estimate of drug-likeness (QED) is 0.409. The first-order chi connectivity index (χ1) is 4.41. The highest BCUT2D eigenvalue weighted by Gasteiger charge is 1.80. The van der Waals surface area contributed by atoms with Gasteiger partial charge in [-0.2, -0.15) is 0 Å². The van der Waals surface area contributed by atoms with Crippen LogP contribution in [-0.4, -0.2) is 0 Å². The fourth-order valence-corrected chi connectivity index (χ4v) is 0.740. The van der Waals surface area contributed by atoms with Crippen LogP contribution in [0.25, 0.3) is 0 Å². The molecule has 0 aromatic rings. The van der Waals surface area contributed by atoms with Gasteiger partial charge in [0.1, 0.15) is 0 Å². The molecule has 0 aromatic carbocycles. The highest BCUT2D eigenvalue weighted by Crippen LogP contribution is 2.00. The maximum Gasteiger partial charge on any atom is 0.000245 e. The van der Waals surface area contributed by atoms with E-state index in [0.717, 1.165) is 12.8 Å². The molecule has 0 aliphatic carbocycles. The highest BCUT2D eigenvalue weighted by atomic mass is 35.5. The van der Waals surface area contributed by atoms with Crippen LogP contribution in [0, 0.1) is 0 Å². The highest BCUT2D eigenvalue weighted by molar-refractivity contribution is 6.25. The third-order valence-corrected chi connectivity index (χ3v) is 1.30. The number of hydrogen-bond donors (Lipinski definition) is 0. The van der Waals surface area contributed by atoms with Gasteiger partial charge >= 0.3 is 0 Å². The zero-order chi connectivity index (χ0) is 6.95. The first-order valence-corrected chi connectivity index (χ1v) is 3.71. The summed E-state index contributed by atoms with van der Waals surface area (Å²) >= 11 is 5.31. The van der Waals surface area contributed by atoms with Crippen LogP contribution in [0.5, 0.6) is 0 Å². The fraction of sp³-hybridized carbons (Fsp3) is 0.500. The maximum absolute atomic E-state index is 5.31. The molecule has 0 aliphatic rings. The second-order valence-corrected chi connectivity index (χ2v) is 2.19. The van der Waals surface area contributed by atoms with E-state index in [9.17, 15) is 0 Å². The van der Waals surface area contributed by atoms with E-state index in [1.54, 1.807) is 5.54 Å². The standard InChI is InChI=1S/C8H13Cl/c1-2-3-4-5-6-7-8-9/h2,7-8H,1,3-6H2/b8-7+. The van der Waals surface area contributed by atoms with Gasteiger partial charge in [-0.25, -0.2) is 0 Å². The van der Waals surface area contributed by atoms with Crippen molar-refractivity contribution in [2.24, 2.45) is 0 Å². The van der Waals surface area contributed by atoms with Crippen LogP contribution in [0.3, 0.4) is 0 Å². The van der Waals surface area contributed by atoms with Crippen molar-refractivity contribution in [1.29, 1.82) is 0 Å². The lowest BCUT2D eigenvalue weighted by Crippen LogP contribution is -1.70. The van der Waals surface area contributed by atoms with Crippen molar-refractivity contribution in [2.75, 3.05) is 0 Å². The average molecular weight is 145 g/mol. The summed E-state index contributed by atoms with van der Waals surface area (Å²) in [7, 11) is 0. The predicted octanol–water partition coefficient (Wildman–Crippen LogP) is 3.49. The molecule has 1 heteroatoms. The number of hydrogen-bond acceptors (Lipinski definition) is 0. The van der Waals surface area contributed by atoms with Crippen LogP contribution in [0.1, 0.15) is 25.7 Å². The van der Waals surface area contributed by atoms with E-state index >= 15 is 0 Å². The van der Waals surface area contributed by atoms with Crippen LogP contribution in [0.2, 0.25) is 0 Å². The summed E-state index contributed by atoms with van der Waals surface area (Å²) in [4.78, 5) is 0. The van der Waals surface area contributed by atoms with Crippen LogP contribution in [0.4, 0.5) is 0 Å². The Balaban J connectivity index is 2.82. The molecule has 0 spiro atoms. The van der Waals surface area contributed by atoms with E-state index in [1.807, 2.05) is 12.2 Å². The van der Waals surface area contributed by atoms with Gasteiger partial charge in [-0.15, -0.1) is 6.58 Å². The third kappa shape index (κ3) is 7.77. The molecule has 0 heterocycles. The summed E-state index contributed by atoms with van der Waals surface area (Å²) in [6.45, 7) is 3.63. The zero-order valence-electron chi connectivity index (χ0n) is 5.65. The molecule has 0 rings (SSSR count). The van der Waals surface area contributed by atoms with E-state index in [0.29, 0.717) is 0 Å². The molecule has 0 nitrogen and oxygen atoms in total. The topological polar surface area (TPSA) is 0 Å².